The molecule has 0 aromatic heterocycles. The molecule has 0 aliphatic rings. The first-order valence-corrected chi connectivity index (χ1v) is 3.13. The van der Waals surface area contributed by atoms with Crippen LogP contribution in [0.1, 0.15) is 19.3 Å². The van der Waals surface area contributed by atoms with Crippen molar-refractivity contribution in [1.82, 2.24) is 0 Å². The summed E-state index contributed by atoms with van der Waals surface area (Å²) in [5.41, 5.74) is 5.10. The van der Waals surface area contributed by atoms with Gasteiger partial charge in [0.25, 0.3) is 0 Å². The predicted molar refractivity (Wildman–Crippen MR) is 51.0 cm³/mol. The average molecular weight is 195 g/mol. The van der Waals surface area contributed by atoms with E-state index in [1.165, 1.54) is 18.2 Å². The Kier molecular flexibility index (Phi) is 2.22. The summed E-state index contributed by atoms with van der Waals surface area (Å²) in [4.78, 5) is 0. The number of rotatable bonds is 2. The lowest BCUT2D eigenvalue weighted by molar-refractivity contribution is 0.596. The fourth-order valence-corrected chi connectivity index (χ4v) is 0.760. The summed E-state index contributed by atoms with van der Waals surface area (Å²) >= 11 is 0. The summed E-state index contributed by atoms with van der Waals surface area (Å²) in [6.07, 6.45) is -1.67. The summed E-state index contributed by atoms with van der Waals surface area (Å²) in [5, 5.41) is 0. The number of nitrogens with two attached hydrogens (primary N) is 1. The fraction of sp³-hybridized carbons (Fsp3) is 0.333. The van der Waals surface area contributed by atoms with Crippen LogP contribution in [0.15, 0.2) is 24.3 Å². The Hall–Kier alpha value is -0.600. The average Bonchev–Trinajstić information content (AvgIpc) is 2.15. The van der Waals surface area contributed by atoms with E-state index >= 15 is 0 Å². The van der Waals surface area contributed by atoms with Gasteiger partial charge in [-0.1, -0.05) is 18.2 Å². The first-order chi connectivity index (χ1) is 7.18. The number of hydrogen-bond acceptors (Lipinski definition) is 1. The molecular weight excluding hydrogens is 177 g/mol. The van der Waals surface area contributed by atoms with Gasteiger partial charge in [0.05, 0.1) is 0 Å². The molecule has 1 nitrogen and oxygen atoms in total. The van der Waals surface area contributed by atoms with Crippen LogP contribution in [-0.2, 0) is 6.40 Å². The Morgan fingerprint density at radius 2 is 2.42 bits per heavy atom. The highest BCUT2D eigenvalue weighted by Gasteiger charge is 2.01. The Labute approximate surface area is 85.2 Å². The Morgan fingerprint density at radius 3 is 3.00 bits per heavy atom. The van der Waals surface area contributed by atoms with Crippen molar-refractivity contribution in [1.29, 1.82) is 0 Å². The lowest BCUT2D eigenvalue weighted by atomic mass is 10.1. The van der Waals surface area contributed by atoms with Crippen LogP contribution >= 0.6 is 12.4 Å². The van der Waals surface area contributed by atoms with E-state index in [2.05, 4.69) is 0 Å². The number of hydrogen-bond donors (Lipinski definition) is 1. The third kappa shape index (κ3) is 3.20. The van der Waals surface area contributed by atoms with Gasteiger partial charge in [-0.05, 0) is 24.9 Å². The minimum Gasteiger partial charge on any atom is -0.328 e. The first kappa shape index (κ1) is 5.20. The van der Waals surface area contributed by atoms with Crippen molar-refractivity contribution in [2.45, 2.75) is 19.3 Å². The van der Waals surface area contributed by atoms with Crippen molar-refractivity contribution in [2.75, 3.05) is 0 Å². The maximum Gasteiger partial charge on any atom is 0.126 e. The molecule has 0 spiro atoms. The normalized spacial score (nSPS) is 24.3. The van der Waals surface area contributed by atoms with E-state index in [1.807, 2.05) is 0 Å². The number of benzene rings is 1. The predicted octanol–water partition coefficient (Wildman–Crippen LogP) is 2.14. The molecule has 2 N–H and O–H groups in total. The van der Waals surface area contributed by atoms with Crippen LogP contribution < -0.4 is 5.73 Å². The van der Waals surface area contributed by atoms with Gasteiger partial charge in [-0.25, -0.2) is 4.39 Å². The van der Waals surface area contributed by atoms with E-state index in [4.69, 9.17) is 12.6 Å². The van der Waals surface area contributed by atoms with Gasteiger partial charge in [0, 0.05) is 12.9 Å². The second kappa shape index (κ2) is 5.12. The van der Waals surface area contributed by atoms with E-state index < -0.39 is 25.1 Å². The molecule has 1 aromatic carbocycles. The lowest BCUT2D eigenvalue weighted by Crippen LogP contribution is -2.18. The molecule has 1 rings (SSSR count). The monoisotopic (exact) mass is 194 g/mol. The molecule has 0 fully saturated rings. The third-order valence-corrected chi connectivity index (χ3v) is 1.22. The second-order valence-corrected chi connectivity index (χ2v) is 2.12. The van der Waals surface area contributed by atoms with Crippen LogP contribution in [-0.4, -0.2) is 6.02 Å². The quantitative estimate of drug-likeness (QED) is 0.767. The molecular formula is C9H13ClFN. The molecule has 68 valence electrons. The van der Waals surface area contributed by atoms with Crippen LogP contribution in [0.25, 0.3) is 0 Å². The molecule has 0 saturated heterocycles. The minimum absolute atomic E-state index is 0. The van der Waals surface area contributed by atoms with Crippen LogP contribution in [0.5, 0.6) is 0 Å². The van der Waals surface area contributed by atoms with E-state index in [0.29, 0.717) is 0 Å². The van der Waals surface area contributed by atoms with E-state index in [0.717, 1.165) is 6.07 Å². The second-order valence-electron chi connectivity index (χ2n) is 2.12. The van der Waals surface area contributed by atoms with Crippen LogP contribution in [0.3, 0.4) is 0 Å². The topological polar surface area (TPSA) is 26.0 Å². The van der Waals surface area contributed by atoms with Gasteiger partial charge in [0.1, 0.15) is 5.82 Å². The summed E-state index contributed by atoms with van der Waals surface area (Å²) in [6.45, 7) is -2.85. The highest BCUT2D eigenvalue weighted by atomic mass is 35.5. The summed E-state index contributed by atoms with van der Waals surface area (Å²) in [6, 6.07) is 2.72. The summed E-state index contributed by atoms with van der Waals surface area (Å²) in [5.74, 6) is -0.728. The van der Waals surface area contributed by atoms with E-state index in [9.17, 15) is 4.39 Å². The van der Waals surface area contributed by atoms with Gasteiger partial charge in [0.15, 0.2) is 0 Å². The Morgan fingerprint density at radius 1 is 1.75 bits per heavy atom. The molecule has 12 heavy (non-hydrogen) atoms. The van der Waals surface area contributed by atoms with Crippen LogP contribution in [0, 0.1) is 5.82 Å². The molecule has 2 atom stereocenters. The highest BCUT2D eigenvalue weighted by molar-refractivity contribution is 5.85. The van der Waals surface area contributed by atoms with Gasteiger partial charge in [0.2, 0.25) is 0 Å². The zero-order valence-corrected chi connectivity index (χ0v) is 7.07. The van der Waals surface area contributed by atoms with Gasteiger partial charge in [-0.15, -0.1) is 12.4 Å². The smallest absolute Gasteiger partial charge is 0.126 e. The zero-order valence-electron chi connectivity index (χ0n) is 11.3. The van der Waals surface area contributed by atoms with Crippen LogP contribution in [0.2, 0.25) is 0 Å². The van der Waals surface area contributed by atoms with Crippen molar-refractivity contribution >= 4 is 12.4 Å². The van der Waals surface area contributed by atoms with Crippen molar-refractivity contribution in [2.24, 2.45) is 5.73 Å². The minimum atomic E-state index is -2.85. The van der Waals surface area contributed by atoms with Crippen molar-refractivity contribution in [3.63, 3.8) is 0 Å². The fourth-order valence-electron chi connectivity index (χ4n) is 0.760. The molecule has 0 aliphatic heterocycles. The molecule has 2 unspecified atom stereocenters. The molecule has 0 radical (unpaired) electrons. The van der Waals surface area contributed by atoms with Gasteiger partial charge in [-0.3, -0.25) is 0 Å². The third-order valence-electron chi connectivity index (χ3n) is 1.22. The van der Waals surface area contributed by atoms with Gasteiger partial charge in [-0.2, -0.15) is 0 Å². The highest BCUT2D eigenvalue weighted by Crippen LogP contribution is 2.07. The van der Waals surface area contributed by atoms with Crippen LogP contribution in [0.4, 0.5) is 4.39 Å². The maximum atomic E-state index is 13.3. The molecule has 0 bridgehead atoms. The Balaban J connectivity index is 0.00000256. The molecule has 0 saturated carbocycles. The number of halogens is 2. The standard InChI is InChI=1S/C9H12FN.ClH/c1-7(11)6-8-4-2-3-5-9(8)10;/h2-5,7H,6,11H2,1H3;1H/i1D3,6D,7D;. The zero-order chi connectivity index (χ0) is 12.6. The van der Waals surface area contributed by atoms with Crippen molar-refractivity contribution in [3.05, 3.63) is 35.6 Å². The summed E-state index contributed by atoms with van der Waals surface area (Å²) in [7, 11) is 0. The van der Waals surface area contributed by atoms with Crippen molar-refractivity contribution < 1.29 is 11.2 Å². The van der Waals surface area contributed by atoms with Crippen molar-refractivity contribution in [3.8, 4) is 0 Å². The Bertz CT molecular complexity index is 382. The van der Waals surface area contributed by atoms with Gasteiger partial charge >= 0.3 is 0 Å². The summed E-state index contributed by atoms with van der Waals surface area (Å²) < 4.78 is 49.6. The van der Waals surface area contributed by atoms with Gasteiger partial charge < -0.3 is 5.73 Å². The largest absolute Gasteiger partial charge is 0.328 e. The molecule has 0 heterocycles. The van der Waals surface area contributed by atoms with E-state index in [1.54, 1.807) is 0 Å². The first-order valence-electron chi connectivity index (χ1n) is 5.71. The molecule has 3 heteroatoms. The molecule has 1 aromatic rings. The molecule has 0 aliphatic carbocycles. The molecule has 0 amide bonds. The van der Waals surface area contributed by atoms with E-state index in [-0.39, 0.29) is 18.0 Å². The SMILES string of the molecule is Cl.[2H]C(c1ccccc1F)C([2H])(N)C([2H])([2H])[2H]. The maximum absolute atomic E-state index is 13.3. The lowest BCUT2D eigenvalue weighted by Gasteiger charge is -2.04.